The zero-order chi connectivity index (χ0) is 19.1. The molecule has 0 bridgehead atoms. The summed E-state index contributed by atoms with van der Waals surface area (Å²) in [6, 6.07) is 7.57. The average molecular weight is 376 g/mol. The van der Waals surface area contributed by atoms with E-state index in [4.69, 9.17) is 14.2 Å². The molecule has 6 nitrogen and oxygen atoms in total. The lowest BCUT2D eigenvalue weighted by atomic mass is 9.78. The monoisotopic (exact) mass is 376 g/mol. The minimum absolute atomic E-state index is 0.0439. The highest BCUT2D eigenvalue weighted by atomic mass is 16.5. The van der Waals surface area contributed by atoms with E-state index in [1.54, 1.807) is 7.11 Å². The average Bonchev–Trinajstić information content (AvgIpc) is 2.70. The van der Waals surface area contributed by atoms with Crippen LogP contribution in [-0.2, 0) is 14.3 Å². The fourth-order valence-electron chi connectivity index (χ4n) is 3.98. The topological polar surface area (TPSA) is 60.0 Å². The fourth-order valence-corrected chi connectivity index (χ4v) is 3.98. The van der Waals surface area contributed by atoms with Crippen LogP contribution in [0.3, 0.4) is 0 Å². The van der Waals surface area contributed by atoms with Crippen LogP contribution in [0.4, 0.5) is 5.69 Å². The van der Waals surface area contributed by atoms with Gasteiger partial charge in [-0.1, -0.05) is 13.3 Å². The van der Waals surface area contributed by atoms with Gasteiger partial charge in [-0.3, -0.25) is 9.69 Å². The Balaban J connectivity index is 1.48. The van der Waals surface area contributed by atoms with Crippen LogP contribution < -0.4 is 10.1 Å². The van der Waals surface area contributed by atoms with Crippen LogP contribution in [0.15, 0.2) is 24.3 Å². The number of nitrogens with zero attached hydrogens (tertiary/aromatic N) is 1. The first-order valence-electron chi connectivity index (χ1n) is 10.0. The lowest BCUT2D eigenvalue weighted by Gasteiger charge is -2.37. The molecule has 1 aromatic rings. The molecule has 1 heterocycles. The standard InChI is InChI=1S/C21H32N2O4/c1-17-4-3-9-21(16-17,25-2)20(24)22-18-5-7-19(8-6-18)27-15-12-23-10-13-26-14-11-23/h5-8,17H,3-4,9-16H2,1-2H3,(H,22,24). The van der Waals surface area contributed by atoms with E-state index in [0.29, 0.717) is 12.5 Å². The summed E-state index contributed by atoms with van der Waals surface area (Å²) in [5.74, 6) is 1.28. The summed E-state index contributed by atoms with van der Waals surface area (Å²) in [6.07, 6.45) is 3.74. The van der Waals surface area contributed by atoms with Crippen molar-refractivity contribution in [2.75, 3.05) is 51.9 Å². The predicted molar refractivity (Wildman–Crippen MR) is 105 cm³/mol. The third-order valence-electron chi connectivity index (χ3n) is 5.65. The van der Waals surface area contributed by atoms with E-state index in [-0.39, 0.29) is 5.91 Å². The van der Waals surface area contributed by atoms with Gasteiger partial charge in [0.2, 0.25) is 0 Å². The minimum atomic E-state index is -0.703. The maximum Gasteiger partial charge on any atom is 0.256 e. The number of ether oxygens (including phenoxy) is 3. The highest BCUT2D eigenvalue weighted by Gasteiger charge is 2.41. The van der Waals surface area contributed by atoms with Crippen LogP contribution in [-0.4, -0.2) is 63.0 Å². The molecular weight excluding hydrogens is 344 g/mol. The van der Waals surface area contributed by atoms with Gasteiger partial charge < -0.3 is 19.5 Å². The van der Waals surface area contributed by atoms with Gasteiger partial charge in [-0.15, -0.1) is 0 Å². The molecule has 1 amide bonds. The number of amides is 1. The van der Waals surface area contributed by atoms with E-state index >= 15 is 0 Å². The van der Waals surface area contributed by atoms with Crippen molar-refractivity contribution in [3.63, 3.8) is 0 Å². The molecule has 3 rings (SSSR count). The van der Waals surface area contributed by atoms with Crippen molar-refractivity contribution < 1.29 is 19.0 Å². The summed E-state index contributed by atoms with van der Waals surface area (Å²) in [6.45, 7) is 7.27. The van der Waals surface area contributed by atoms with Gasteiger partial charge in [0.1, 0.15) is 18.0 Å². The molecule has 0 radical (unpaired) electrons. The van der Waals surface area contributed by atoms with E-state index in [2.05, 4.69) is 17.1 Å². The molecule has 2 unspecified atom stereocenters. The Morgan fingerprint density at radius 2 is 2.04 bits per heavy atom. The number of anilines is 1. The number of nitrogens with one attached hydrogen (secondary N) is 1. The Morgan fingerprint density at radius 1 is 1.30 bits per heavy atom. The smallest absolute Gasteiger partial charge is 0.256 e. The summed E-state index contributed by atoms with van der Waals surface area (Å²) < 4.78 is 16.8. The third kappa shape index (κ3) is 5.43. The van der Waals surface area contributed by atoms with Crippen LogP contribution in [0.25, 0.3) is 0 Å². The van der Waals surface area contributed by atoms with Crippen molar-refractivity contribution >= 4 is 11.6 Å². The van der Waals surface area contributed by atoms with Crippen molar-refractivity contribution in [3.05, 3.63) is 24.3 Å². The Morgan fingerprint density at radius 3 is 2.70 bits per heavy atom. The molecular formula is C21H32N2O4. The molecule has 2 atom stereocenters. The van der Waals surface area contributed by atoms with Gasteiger partial charge >= 0.3 is 0 Å². The fraction of sp³-hybridized carbons (Fsp3) is 0.667. The summed E-state index contributed by atoms with van der Waals surface area (Å²) in [4.78, 5) is 15.2. The zero-order valence-corrected chi connectivity index (χ0v) is 16.5. The molecule has 2 aliphatic rings. The van der Waals surface area contributed by atoms with Crippen LogP contribution >= 0.6 is 0 Å². The number of hydrogen-bond acceptors (Lipinski definition) is 5. The minimum Gasteiger partial charge on any atom is -0.492 e. The van der Waals surface area contributed by atoms with Crippen molar-refractivity contribution in [1.82, 2.24) is 4.90 Å². The SMILES string of the molecule is COC1(C(=O)Nc2ccc(OCCN3CCOCC3)cc2)CCCC(C)C1. The predicted octanol–water partition coefficient (Wildman–Crippen LogP) is 2.93. The first-order valence-corrected chi connectivity index (χ1v) is 10.0. The highest BCUT2D eigenvalue weighted by molar-refractivity contribution is 5.97. The molecule has 6 heteroatoms. The highest BCUT2D eigenvalue weighted by Crippen LogP contribution is 2.35. The number of hydrogen-bond donors (Lipinski definition) is 1. The lowest BCUT2D eigenvalue weighted by Crippen LogP contribution is -2.47. The number of methoxy groups -OCH3 is 1. The number of carbonyl (C=O) groups is 1. The van der Waals surface area contributed by atoms with E-state index in [1.807, 2.05) is 24.3 Å². The summed E-state index contributed by atoms with van der Waals surface area (Å²) >= 11 is 0. The first kappa shape index (κ1) is 20.1. The molecule has 1 saturated carbocycles. The molecule has 1 N–H and O–H groups in total. The van der Waals surface area contributed by atoms with Gasteiger partial charge in [0.05, 0.1) is 13.2 Å². The second kappa shape index (κ2) is 9.53. The molecule has 2 fully saturated rings. The van der Waals surface area contributed by atoms with E-state index < -0.39 is 5.60 Å². The van der Waals surface area contributed by atoms with Crippen molar-refractivity contribution in [1.29, 1.82) is 0 Å². The Kier molecular flexibility index (Phi) is 7.10. The number of benzene rings is 1. The summed E-state index contributed by atoms with van der Waals surface area (Å²) in [5, 5.41) is 3.02. The van der Waals surface area contributed by atoms with E-state index in [9.17, 15) is 4.79 Å². The van der Waals surface area contributed by atoms with Gasteiger partial charge in [-0.05, 0) is 49.4 Å². The number of rotatable bonds is 7. The zero-order valence-electron chi connectivity index (χ0n) is 16.5. The van der Waals surface area contributed by atoms with E-state index in [0.717, 1.165) is 70.0 Å². The van der Waals surface area contributed by atoms with Crippen LogP contribution in [0.5, 0.6) is 5.75 Å². The molecule has 150 valence electrons. The largest absolute Gasteiger partial charge is 0.492 e. The Hall–Kier alpha value is -1.63. The first-order chi connectivity index (χ1) is 13.1. The Labute approximate surface area is 162 Å². The lowest BCUT2D eigenvalue weighted by molar-refractivity contribution is -0.143. The molecule has 0 spiro atoms. The maximum absolute atomic E-state index is 12.8. The van der Waals surface area contributed by atoms with E-state index in [1.165, 1.54) is 0 Å². The van der Waals surface area contributed by atoms with Crippen LogP contribution in [0.1, 0.15) is 32.6 Å². The van der Waals surface area contributed by atoms with Crippen LogP contribution in [0.2, 0.25) is 0 Å². The molecule has 1 aromatic carbocycles. The van der Waals surface area contributed by atoms with Gasteiger partial charge in [0.25, 0.3) is 5.91 Å². The molecule has 1 aliphatic carbocycles. The molecule has 0 aromatic heterocycles. The summed E-state index contributed by atoms with van der Waals surface area (Å²) in [7, 11) is 1.64. The Bertz CT molecular complexity index is 601. The van der Waals surface area contributed by atoms with Crippen molar-refractivity contribution in [2.24, 2.45) is 5.92 Å². The maximum atomic E-state index is 12.8. The third-order valence-corrected chi connectivity index (χ3v) is 5.65. The van der Waals surface area contributed by atoms with Crippen molar-refractivity contribution in [2.45, 2.75) is 38.2 Å². The van der Waals surface area contributed by atoms with Gasteiger partial charge in [0.15, 0.2) is 0 Å². The van der Waals surface area contributed by atoms with Crippen molar-refractivity contribution in [3.8, 4) is 5.75 Å². The normalized spacial score (nSPS) is 26.5. The molecule has 1 aliphatic heterocycles. The van der Waals surface area contributed by atoms with Crippen LogP contribution in [0, 0.1) is 5.92 Å². The quantitative estimate of drug-likeness (QED) is 0.793. The number of morpholine rings is 1. The summed E-state index contributed by atoms with van der Waals surface area (Å²) in [5.41, 5.74) is 0.0699. The second-order valence-corrected chi connectivity index (χ2v) is 7.68. The molecule has 27 heavy (non-hydrogen) atoms. The molecule has 1 saturated heterocycles. The second-order valence-electron chi connectivity index (χ2n) is 7.68. The number of carbonyl (C=O) groups excluding carboxylic acids is 1. The van der Waals surface area contributed by atoms with Gasteiger partial charge in [-0.2, -0.15) is 0 Å². The van der Waals surface area contributed by atoms with Gasteiger partial charge in [0, 0.05) is 32.4 Å². The van der Waals surface area contributed by atoms with Gasteiger partial charge in [-0.25, -0.2) is 0 Å².